The Bertz CT molecular complexity index is 408. The van der Waals surface area contributed by atoms with Gasteiger partial charge in [-0.1, -0.05) is 0 Å². The number of hydrogen-bond donors (Lipinski definition) is 0. The van der Waals surface area contributed by atoms with E-state index in [-0.39, 0.29) is 5.69 Å². The summed E-state index contributed by atoms with van der Waals surface area (Å²) in [5.41, 5.74) is 1.08. The van der Waals surface area contributed by atoms with Crippen LogP contribution in [0.4, 0.5) is 5.69 Å². The fourth-order valence-electron chi connectivity index (χ4n) is 1.63. The van der Waals surface area contributed by atoms with Gasteiger partial charge in [-0.2, -0.15) is 0 Å². The zero-order valence-corrected chi connectivity index (χ0v) is 9.41. The third-order valence-electron chi connectivity index (χ3n) is 2.63. The molecule has 0 radical (unpaired) electrons. The molecule has 90 valence electrons. The first-order valence-electron chi connectivity index (χ1n) is 5.50. The van der Waals surface area contributed by atoms with Gasteiger partial charge in [-0.3, -0.25) is 10.1 Å². The van der Waals surface area contributed by atoms with Crippen molar-refractivity contribution >= 4 is 11.8 Å². The highest BCUT2D eigenvalue weighted by atomic mass is 16.6. The molecule has 1 heterocycles. The first-order chi connectivity index (χ1) is 8.25. The normalized spacial score (nSPS) is 16.4. The number of non-ortho nitro benzene ring substituents is 1. The number of nitro benzene ring substituents is 1. The molecular weight excluding hydrogens is 220 g/mol. The molecule has 5 heteroatoms. The van der Waals surface area contributed by atoms with Gasteiger partial charge in [0.1, 0.15) is 0 Å². The van der Waals surface area contributed by atoms with Gasteiger partial charge in [0.15, 0.2) is 0 Å². The molecular formula is C12H14N2O3. The van der Waals surface area contributed by atoms with Gasteiger partial charge in [-0.05, 0) is 30.0 Å². The van der Waals surface area contributed by atoms with Gasteiger partial charge in [0.25, 0.3) is 5.69 Å². The topological polar surface area (TPSA) is 55.6 Å². The summed E-state index contributed by atoms with van der Waals surface area (Å²) < 4.78 is 5.24. The summed E-state index contributed by atoms with van der Waals surface area (Å²) in [5.74, 6) is 0. The van der Waals surface area contributed by atoms with Crippen LogP contribution < -0.4 is 0 Å². The van der Waals surface area contributed by atoms with Crippen molar-refractivity contribution in [3.05, 3.63) is 46.1 Å². The first-order valence-corrected chi connectivity index (χ1v) is 5.50. The van der Waals surface area contributed by atoms with E-state index < -0.39 is 4.92 Å². The van der Waals surface area contributed by atoms with Crippen LogP contribution in [0.15, 0.2) is 30.5 Å². The van der Waals surface area contributed by atoms with Crippen molar-refractivity contribution in [2.75, 3.05) is 26.3 Å². The predicted octanol–water partition coefficient (Wildman–Crippen LogP) is 1.90. The third kappa shape index (κ3) is 3.29. The van der Waals surface area contributed by atoms with Crippen LogP contribution in [0, 0.1) is 10.1 Å². The molecule has 2 rings (SSSR count). The highest BCUT2D eigenvalue weighted by Crippen LogP contribution is 2.13. The van der Waals surface area contributed by atoms with E-state index in [2.05, 4.69) is 4.90 Å². The number of benzene rings is 1. The Morgan fingerprint density at radius 3 is 2.47 bits per heavy atom. The number of morpholine rings is 1. The van der Waals surface area contributed by atoms with Crippen molar-refractivity contribution in [3.8, 4) is 0 Å². The van der Waals surface area contributed by atoms with E-state index in [9.17, 15) is 10.1 Å². The predicted molar refractivity (Wildman–Crippen MR) is 64.5 cm³/mol. The van der Waals surface area contributed by atoms with Crippen LogP contribution in [0.25, 0.3) is 6.08 Å². The van der Waals surface area contributed by atoms with Crippen LogP contribution in [0.1, 0.15) is 5.56 Å². The average molecular weight is 234 g/mol. The molecule has 1 aromatic carbocycles. The number of nitrogens with zero attached hydrogens (tertiary/aromatic N) is 2. The minimum atomic E-state index is -0.393. The molecule has 0 saturated carbocycles. The molecule has 1 aliphatic heterocycles. The molecule has 0 spiro atoms. The van der Waals surface area contributed by atoms with Gasteiger partial charge >= 0.3 is 0 Å². The minimum absolute atomic E-state index is 0.119. The van der Waals surface area contributed by atoms with Crippen molar-refractivity contribution in [3.63, 3.8) is 0 Å². The Morgan fingerprint density at radius 2 is 1.88 bits per heavy atom. The van der Waals surface area contributed by atoms with Gasteiger partial charge in [0, 0.05) is 25.2 Å². The SMILES string of the molecule is O=[N+]([O-])c1ccc(/C=C/N2CCOCC2)cc1. The van der Waals surface area contributed by atoms with E-state index in [0.717, 1.165) is 31.9 Å². The third-order valence-corrected chi connectivity index (χ3v) is 2.63. The first kappa shape index (κ1) is 11.6. The maximum atomic E-state index is 10.5. The molecule has 1 fully saturated rings. The molecule has 1 saturated heterocycles. The Labute approximate surface area is 99.5 Å². The maximum absolute atomic E-state index is 10.5. The number of rotatable bonds is 3. The quantitative estimate of drug-likeness (QED) is 0.592. The highest BCUT2D eigenvalue weighted by Gasteiger charge is 2.05. The summed E-state index contributed by atoms with van der Waals surface area (Å²) in [4.78, 5) is 12.3. The zero-order chi connectivity index (χ0) is 12.1. The van der Waals surface area contributed by atoms with E-state index >= 15 is 0 Å². The van der Waals surface area contributed by atoms with Crippen LogP contribution in [-0.2, 0) is 4.74 Å². The standard InChI is InChI=1S/C12H14N2O3/c15-14(16)12-3-1-11(2-4-12)5-6-13-7-9-17-10-8-13/h1-6H,7-10H2/b6-5+. The summed E-state index contributed by atoms with van der Waals surface area (Å²) in [6.07, 6.45) is 3.96. The lowest BCUT2D eigenvalue weighted by atomic mass is 10.2. The fourth-order valence-corrected chi connectivity index (χ4v) is 1.63. The molecule has 0 bridgehead atoms. The van der Waals surface area contributed by atoms with Gasteiger partial charge in [0.05, 0.1) is 18.1 Å². The van der Waals surface area contributed by atoms with Gasteiger partial charge in [0.2, 0.25) is 0 Å². The Hall–Kier alpha value is -1.88. The molecule has 0 N–H and O–H groups in total. The second-order valence-corrected chi connectivity index (χ2v) is 3.81. The molecule has 0 amide bonds. The van der Waals surface area contributed by atoms with Crippen LogP contribution >= 0.6 is 0 Å². The molecule has 5 nitrogen and oxygen atoms in total. The molecule has 1 aliphatic rings. The highest BCUT2D eigenvalue weighted by molar-refractivity contribution is 5.51. The molecule has 0 aliphatic carbocycles. The number of nitro groups is 1. The van der Waals surface area contributed by atoms with Crippen molar-refractivity contribution in [2.24, 2.45) is 0 Å². The van der Waals surface area contributed by atoms with Crippen LogP contribution in [-0.4, -0.2) is 36.1 Å². The summed E-state index contributed by atoms with van der Waals surface area (Å²) in [6, 6.07) is 6.52. The number of ether oxygens (including phenoxy) is 1. The van der Waals surface area contributed by atoms with Crippen molar-refractivity contribution < 1.29 is 9.66 Å². The molecule has 1 aromatic rings. The zero-order valence-electron chi connectivity index (χ0n) is 9.41. The van der Waals surface area contributed by atoms with E-state index in [1.807, 2.05) is 12.3 Å². The van der Waals surface area contributed by atoms with Crippen LogP contribution in [0.5, 0.6) is 0 Å². The minimum Gasteiger partial charge on any atom is -0.378 e. The summed E-state index contributed by atoms with van der Waals surface area (Å²) in [5, 5.41) is 10.5. The van der Waals surface area contributed by atoms with Crippen LogP contribution in [0.3, 0.4) is 0 Å². The largest absolute Gasteiger partial charge is 0.378 e. The smallest absolute Gasteiger partial charge is 0.269 e. The second-order valence-electron chi connectivity index (χ2n) is 3.81. The van der Waals surface area contributed by atoms with Gasteiger partial charge in [-0.25, -0.2) is 0 Å². The molecule has 0 unspecified atom stereocenters. The Balaban J connectivity index is 1.98. The lowest BCUT2D eigenvalue weighted by Crippen LogP contribution is -2.31. The van der Waals surface area contributed by atoms with E-state index in [1.54, 1.807) is 12.1 Å². The molecule has 0 aromatic heterocycles. The second kappa shape index (κ2) is 5.45. The monoisotopic (exact) mass is 234 g/mol. The number of hydrogen-bond acceptors (Lipinski definition) is 4. The van der Waals surface area contributed by atoms with Gasteiger partial charge in [-0.15, -0.1) is 0 Å². The molecule has 17 heavy (non-hydrogen) atoms. The van der Waals surface area contributed by atoms with Crippen LogP contribution in [0.2, 0.25) is 0 Å². The summed E-state index contributed by atoms with van der Waals surface area (Å²) >= 11 is 0. The Morgan fingerprint density at radius 1 is 1.24 bits per heavy atom. The lowest BCUT2D eigenvalue weighted by Gasteiger charge is -2.24. The maximum Gasteiger partial charge on any atom is 0.269 e. The summed E-state index contributed by atoms with van der Waals surface area (Å²) in [7, 11) is 0. The van der Waals surface area contributed by atoms with Crippen molar-refractivity contribution in [1.82, 2.24) is 4.90 Å². The van der Waals surface area contributed by atoms with Crippen molar-refractivity contribution in [2.45, 2.75) is 0 Å². The summed E-state index contributed by atoms with van der Waals surface area (Å²) in [6.45, 7) is 3.29. The lowest BCUT2D eigenvalue weighted by molar-refractivity contribution is -0.384. The van der Waals surface area contributed by atoms with E-state index in [4.69, 9.17) is 4.74 Å². The van der Waals surface area contributed by atoms with Crippen molar-refractivity contribution in [1.29, 1.82) is 0 Å². The van der Waals surface area contributed by atoms with Gasteiger partial charge < -0.3 is 9.64 Å². The van der Waals surface area contributed by atoms with E-state index in [0.29, 0.717) is 0 Å². The fraction of sp³-hybridized carbons (Fsp3) is 0.333. The van der Waals surface area contributed by atoms with E-state index in [1.165, 1.54) is 12.1 Å². The molecule has 0 atom stereocenters. The average Bonchev–Trinajstić information content (AvgIpc) is 2.38. The Kier molecular flexibility index (Phi) is 3.72.